The van der Waals surface area contributed by atoms with Gasteiger partial charge in [0.25, 0.3) is 0 Å². The van der Waals surface area contributed by atoms with Gasteiger partial charge in [0.15, 0.2) is 0 Å². The van der Waals surface area contributed by atoms with Crippen molar-refractivity contribution in [1.82, 2.24) is 9.97 Å². The van der Waals surface area contributed by atoms with E-state index in [1.807, 2.05) is 36.4 Å². The molecule has 1 aromatic heterocycles. The third-order valence-corrected chi connectivity index (χ3v) is 3.45. The predicted molar refractivity (Wildman–Crippen MR) is 90.0 cm³/mol. The number of methoxy groups -OCH3 is 1. The number of hydrogen-bond donors (Lipinski definition) is 2. The lowest BCUT2D eigenvalue weighted by atomic mass is 10.0. The van der Waals surface area contributed by atoms with Crippen molar-refractivity contribution in [3.8, 4) is 11.6 Å². The van der Waals surface area contributed by atoms with Crippen LogP contribution in [0.15, 0.2) is 53.8 Å². The summed E-state index contributed by atoms with van der Waals surface area (Å²) in [6, 6.07) is 13.1. The van der Waals surface area contributed by atoms with Crippen LogP contribution in [-0.4, -0.2) is 27.9 Å². The standard InChI is InChI=1S/C17H16N4O2/c1-11(20-21-17-18-10-9-15(19-17)23-2)13-8-7-12-5-3-4-6-14(12)16(13)22/h3-10,22H,1-2H3,(H,18,19,21). The van der Waals surface area contributed by atoms with Gasteiger partial charge in [0.1, 0.15) is 5.75 Å². The molecular weight excluding hydrogens is 292 g/mol. The summed E-state index contributed by atoms with van der Waals surface area (Å²) in [5.41, 5.74) is 4.04. The van der Waals surface area contributed by atoms with Gasteiger partial charge in [-0.15, -0.1) is 0 Å². The largest absolute Gasteiger partial charge is 0.507 e. The van der Waals surface area contributed by atoms with Crippen LogP contribution in [0.2, 0.25) is 0 Å². The Morgan fingerprint density at radius 3 is 2.83 bits per heavy atom. The lowest BCUT2D eigenvalue weighted by molar-refractivity contribution is 0.397. The highest BCUT2D eigenvalue weighted by Crippen LogP contribution is 2.29. The number of hydrogen-bond acceptors (Lipinski definition) is 6. The Balaban J connectivity index is 1.90. The van der Waals surface area contributed by atoms with Crippen LogP contribution in [0.4, 0.5) is 5.95 Å². The van der Waals surface area contributed by atoms with E-state index in [-0.39, 0.29) is 5.75 Å². The van der Waals surface area contributed by atoms with Crippen LogP contribution in [0.5, 0.6) is 11.6 Å². The van der Waals surface area contributed by atoms with E-state index in [1.165, 1.54) is 7.11 Å². The first-order valence-corrected chi connectivity index (χ1v) is 7.07. The molecule has 0 fully saturated rings. The Labute approximate surface area is 133 Å². The van der Waals surface area contributed by atoms with E-state index in [1.54, 1.807) is 19.2 Å². The molecular formula is C17H16N4O2. The van der Waals surface area contributed by atoms with Crippen molar-refractivity contribution in [2.75, 3.05) is 12.5 Å². The Morgan fingerprint density at radius 1 is 1.17 bits per heavy atom. The fraction of sp³-hybridized carbons (Fsp3) is 0.118. The number of nitrogens with one attached hydrogen (secondary N) is 1. The van der Waals surface area contributed by atoms with Crippen molar-refractivity contribution in [2.24, 2.45) is 5.10 Å². The number of rotatable bonds is 4. The maximum atomic E-state index is 10.4. The third-order valence-electron chi connectivity index (χ3n) is 3.45. The summed E-state index contributed by atoms with van der Waals surface area (Å²) < 4.78 is 5.03. The topological polar surface area (TPSA) is 79.6 Å². The van der Waals surface area contributed by atoms with Gasteiger partial charge in [-0.25, -0.2) is 10.4 Å². The number of hydrazone groups is 1. The van der Waals surface area contributed by atoms with Crippen LogP contribution in [-0.2, 0) is 0 Å². The summed E-state index contributed by atoms with van der Waals surface area (Å²) in [5, 5.41) is 16.4. The van der Waals surface area contributed by atoms with Crippen LogP contribution < -0.4 is 10.2 Å². The van der Waals surface area contributed by atoms with Gasteiger partial charge in [-0.3, -0.25) is 0 Å². The Bertz CT molecular complexity index is 877. The van der Waals surface area contributed by atoms with Gasteiger partial charge in [0.05, 0.1) is 12.8 Å². The van der Waals surface area contributed by atoms with Gasteiger partial charge in [0.2, 0.25) is 11.8 Å². The molecule has 2 aromatic carbocycles. The fourth-order valence-corrected chi connectivity index (χ4v) is 2.25. The van der Waals surface area contributed by atoms with Crippen molar-refractivity contribution in [2.45, 2.75) is 6.92 Å². The summed E-state index contributed by atoms with van der Waals surface area (Å²) in [4.78, 5) is 8.17. The van der Waals surface area contributed by atoms with E-state index < -0.39 is 0 Å². The molecule has 1 heterocycles. The van der Waals surface area contributed by atoms with E-state index in [0.29, 0.717) is 23.1 Å². The van der Waals surface area contributed by atoms with Crippen molar-refractivity contribution in [3.05, 3.63) is 54.2 Å². The Kier molecular flexibility index (Phi) is 4.05. The van der Waals surface area contributed by atoms with E-state index >= 15 is 0 Å². The predicted octanol–water partition coefficient (Wildman–Crippen LogP) is 3.18. The average molecular weight is 308 g/mol. The zero-order valence-corrected chi connectivity index (χ0v) is 12.8. The Morgan fingerprint density at radius 2 is 2.00 bits per heavy atom. The number of ether oxygens (including phenoxy) is 1. The molecule has 0 amide bonds. The lowest BCUT2D eigenvalue weighted by Gasteiger charge is -2.08. The van der Waals surface area contributed by atoms with E-state index in [4.69, 9.17) is 4.74 Å². The van der Waals surface area contributed by atoms with Crippen LogP contribution >= 0.6 is 0 Å². The number of nitrogens with zero attached hydrogens (tertiary/aromatic N) is 3. The molecule has 6 heteroatoms. The number of anilines is 1. The minimum atomic E-state index is 0.206. The van der Waals surface area contributed by atoms with Gasteiger partial charge in [0, 0.05) is 23.2 Å². The SMILES string of the molecule is COc1ccnc(NN=C(C)c2ccc3ccccc3c2O)n1. The molecule has 0 saturated carbocycles. The Hall–Kier alpha value is -3.15. The molecule has 23 heavy (non-hydrogen) atoms. The second-order valence-corrected chi connectivity index (χ2v) is 4.91. The number of fused-ring (bicyclic) bond motifs is 1. The zero-order valence-electron chi connectivity index (χ0n) is 12.8. The molecule has 0 aliphatic carbocycles. The first-order chi connectivity index (χ1) is 11.2. The first kappa shape index (κ1) is 14.8. The van der Waals surface area contributed by atoms with E-state index in [9.17, 15) is 5.11 Å². The fourth-order valence-electron chi connectivity index (χ4n) is 2.25. The summed E-state index contributed by atoms with van der Waals surface area (Å²) >= 11 is 0. The van der Waals surface area contributed by atoms with Gasteiger partial charge in [-0.05, 0) is 18.4 Å². The summed E-state index contributed by atoms with van der Waals surface area (Å²) in [6.45, 7) is 1.80. The zero-order chi connectivity index (χ0) is 16.2. The molecule has 116 valence electrons. The minimum absolute atomic E-state index is 0.206. The van der Waals surface area contributed by atoms with Crippen molar-refractivity contribution in [3.63, 3.8) is 0 Å². The quantitative estimate of drug-likeness (QED) is 0.571. The maximum Gasteiger partial charge on any atom is 0.246 e. The molecule has 3 rings (SSSR count). The smallest absolute Gasteiger partial charge is 0.246 e. The average Bonchev–Trinajstić information content (AvgIpc) is 2.60. The van der Waals surface area contributed by atoms with Gasteiger partial charge < -0.3 is 9.84 Å². The van der Waals surface area contributed by atoms with Crippen molar-refractivity contribution >= 4 is 22.4 Å². The molecule has 0 aliphatic heterocycles. The van der Waals surface area contributed by atoms with Crippen LogP contribution in [0.1, 0.15) is 12.5 Å². The van der Waals surface area contributed by atoms with E-state index in [0.717, 1.165) is 10.8 Å². The first-order valence-electron chi connectivity index (χ1n) is 7.07. The second-order valence-electron chi connectivity index (χ2n) is 4.91. The number of phenolic OH excluding ortho intramolecular Hbond substituents is 1. The summed E-state index contributed by atoms with van der Waals surface area (Å²) in [6.07, 6.45) is 1.58. The monoisotopic (exact) mass is 308 g/mol. The second kappa shape index (κ2) is 6.31. The number of phenols is 1. The molecule has 2 N–H and O–H groups in total. The third kappa shape index (κ3) is 3.06. The number of aromatic nitrogens is 2. The minimum Gasteiger partial charge on any atom is -0.507 e. The molecule has 6 nitrogen and oxygen atoms in total. The van der Waals surface area contributed by atoms with Crippen molar-refractivity contribution in [1.29, 1.82) is 0 Å². The maximum absolute atomic E-state index is 10.4. The van der Waals surface area contributed by atoms with Crippen LogP contribution in [0, 0.1) is 0 Å². The molecule has 0 radical (unpaired) electrons. The molecule has 0 atom stereocenters. The molecule has 0 bridgehead atoms. The van der Waals surface area contributed by atoms with Gasteiger partial charge in [-0.1, -0.05) is 30.3 Å². The lowest BCUT2D eigenvalue weighted by Crippen LogP contribution is -2.03. The highest BCUT2D eigenvalue weighted by molar-refractivity contribution is 6.06. The van der Waals surface area contributed by atoms with Crippen molar-refractivity contribution < 1.29 is 9.84 Å². The normalized spacial score (nSPS) is 11.5. The van der Waals surface area contributed by atoms with Crippen LogP contribution in [0.3, 0.4) is 0 Å². The molecule has 0 saturated heterocycles. The molecule has 0 aliphatic rings. The summed E-state index contributed by atoms with van der Waals surface area (Å²) in [5.74, 6) is 0.977. The summed E-state index contributed by atoms with van der Waals surface area (Å²) in [7, 11) is 1.54. The van der Waals surface area contributed by atoms with Crippen LogP contribution in [0.25, 0.3) is 10.8 Å². The number of aromatic hydroxyl groups is 1. The highest BCUT2D eigenvalue weighted by atomic mass is 16.5. The van der Waals surface area contributed by atoms with Gasteiger partial charge >= 0.3 is 0 Å². The van der Waals surface area contributed by atoms with E-state index in [2.05, 4.69) is 20.5 Å². The van der Waals surface area contributed by atoms with Gasteiger partial charge in [-0.2, -0.15) is 10.1 Å². The highest BCUT2D eigenvalue weighted by Gasteiger charge is 2.09. The molecule has 0 spiro atoms. The molecule has 3 aromatic rings. The number of benzene rings is 2. The molecule has 0 unspecified atom stereocenters.